The zero-order chi connectivity index (χ0) is 14.0. The van der Waals surface area contributed by atoms with Crippen molar-refractivity contribution in [1.29, 1.82) is 0 Å². The fourth-order valence-corrected chi connectivity index (χ4v) is 2.73. The van der Waals surface area contributed by atoms with E-state index in [1.807, 2.05) is 13.8 Å². The number of hydrogen-bond acceptors (Lipinski definition) is 4. The van der Waals surface area contributed by atoms with Crippen molar-refractivity contribution in [2.24, 2.45) is 0 Å². The second-order valence-corrected chi connectivity index (χ2v) is 5.45. The quantitative estimate of drug-likeness (QED) is 0.619. The highest BCUT2D eigenvalue weighted by molar-refractivity contribution is 4.85. The minimum atomic E-state index is -0.489. The molecule has 4 heteroatoms. The SMILES string of the molecule is CCOCCN(CCOCC)CC1(O)CCCCC1. The highest BCUT2D eigenvalue weighted by Gasteiger charge is 2.31. The van der Waals surface area contributed by atoms with Gasteiger partial charge in [-0.05, 0) is 26.7 Å². The minimum absolute atomic E-state index is 0.489. The molecule has 4 nitrogen and oxygen atoms in total. The van der Waals surface area contributed by atoms with E-state index in [9.17, 15) is 5.11 Å². The molecule has 19 heavy (non-hydrogen) atoms. The van der Waals surface area contributed by atoms with Crippen LogP contribution in [0.25, 0.3) is 0 Å². The molecule has 0 aromatic rings. The van der Waals surface area contributed by atoms with E-state index in [1.54, 1.807) is 0 Å². The average molecular weight is 273 g/mol. The molecule has 0 bridgehead atoms. The third-order valence-corrected chi connectivity index (χ3v) is 3.81. The highest BCUT2D eigenvalue weighted by atomic mass is 16.5. The van der Waals surface area contributed by atoms with Gasteiger partial charge >= 0.3 is 0 Å². The summed E-state index contributed by atoms with van der Waals surface area (Å²) in [5.41, 5.74) is -0.489. The monoisotopic (exact) mass is 273 g/mol. The Labute approximate surface area is 118 Å². The van der Waals surface area contributed by atoms with E-state index >= 15 is 0 Å². The van der Waals surface area contributed by atoms with Crippen LogP contribution in [0.3, 0.4) is 0 Å². The van der Waals surface area contributed by atoms with Crippen molar-refractivity contribution in [2.45, 2.75) is 51.6 Å². The number of hydrogen-bond donors (Lipinski definition) is 1. The van der Waals surface area contributed by atoms with E-state index in [0.717, 1.165) is 71.7 Å². The van der Waals surface area contributed by atoms with Crippen LogP contribution in [0, 0.1) is 0 Å². The molecule has 114 valence electrons. The molecule has 0 atom stereocenters. The third-order valence-electron chi connectivity index (χ3n) is 3.81. The molecule has 0 amide bonds. The van der Waals surface area contributed by atoms with Crippen LogP contribution in [-0.4, -0.2) is 61.7 Å². The average Bonchev–Trinajstić information content (AvgIpc) is 2.39. The Balaban J connectivity index is 2.36. The first-order valence-corrected chi connectivity index (χ1v) is 7.80. The van der Waals surface area contributed by atoms with Gasteiger partial charge in [0.25, 0.3) is 0 Å². The highest BCUT2D eigenvalue weighted by Crippen LogP contribution is 2.28. The van der Waals surface area contributed by atoms with Crippen LogP contribution in [0.1, 0.15) is 46.0 Å². The summed E-state index contributed by atoms with van der Waals surface area (Å²) >= 11 is 0. The van der Waals surface area contributed by atoms with E-state index < -0.39 is 5.60 Å². The lowest BCUT2D eigenvalue weighted by Crippen LogP contribution is -2.46. The standard InChI is InChI=1S/C15H31NO3/c1-3-18-12-10-16(11-13-19-4-2)14-15(17)8-6-5-7-9-15/h17H,3-14H2,1-2H3. The van der Waals surface area contributed by atoms with Crippen molar-refractivity contribution < 1.29 is 14.6 Å². The summed E-state index contributed by atoms with van der Waals surface area (Å²) in [6.45, 7) is 9.52. The Bertz CT molecular complexity index is 207. The second kappa shape index (κ2) is 9.70. The van der Waals surface area contributed by atoms with Crippen molar-refractivity contribution >= 4 is 0 Å². The van der Waals surface area contributed by atoms with E-state index in [-0.39, 0.29) is 0 Å². The third kappa shape index (κ3) is 7.25. The van der Waals surface area contributed by atoms with Crippen LogP contribution in [0.15, 0.2) is 0 Å². The molecule has 0 unspecified atom stereocenters. The van der Waals surface area contributed by atoms with Gasteiger partial charge in [0.05, 0.1) is 18.8 Å². The van der Waals surface area contributed by atoms with Crippen LogP contribution in [0.4, 0.5) is 0 Å². The molecule has 0 aromatic heterocycles. The maximum atomic E-state index is 10.6. The molecule has 0 aliphatic heterocycles. The molecular formula is C15H31NO3. The second-order valence-electron chi connectivity index (χ2n) is 5.45. The van der Waals surface area contributed by atoms with Gasteiger partial charge in [0.1, 0.15) is 0 Å². The van der Waals surface area contributed by atoms with Crippen molar-refractivity contribution in [2.75, 3.05) is 46.1 Å². The summed E-state index contributed by atoms with van der Waals surface area (Å²) in [6, 6.07) is 0. The van der Waals surface area contributed by atoms with Gasteiger partial charge in [-0.25, -0.2) is 0 Å². The Kier molecular flexibility index (Phi) is 8.62. The van der Waals surface area contributed by atoms with Gasteiger partial charge in [-0.2, -0.15) is 0 Å². The number of ether oxygens (including phenoxy) is 2. The molecule has 0 aromatic carbocycles. The van der Waals surface area contributed by atoms with Gasteiger partial charge in [0, 0.05) is 32.8 Å². The Morgan fingerprint density at radius 3 is 1.95 bits per heavy atom. The van der Waals surface area contributed by atoms with Crippen molar-refractivity contribution in [3.8, 4) is 0 Å². The number of aliphatic hydroxyl groups is 1. The van der Waals surface area contributed by atoms with Gasteiger partial charge in [-0.1, -0.05) is 19.3 Å². The van der Waals surface area contributed by atoms with Crippen LogP contribution in [0.5, 0.6) is 0 Å². The molecule has 0 heterocycles. The maximum absolute atomic E-state index is 10.6. The zero-order valence-electron chi connectivity index (χ0n) is 12.7. The van der Waals surface area contributed by atoms with Gasteiger partial charge in [0.2, 0.25) is 0 Å². The Hall–Kier alpha value is -0.160. The molecule has 1 rings (SSSR count). The van der Waals surface area contributed by atoms with Crippen molar-refractivity contribution in [3.05, 3.63) is 0 Å². The Morgan fingerprint density at radius 1 is 0.947 bits per heavy atom. The van der Waals surface area contributed by atoms with Gasteiger partial charge in [-0.15, -0.1) is 0 Å². The lowest BCUT2D eigenvalue weighted by atomic mass is 9.84. The lowest BCUT2D eigenvalue weighted by Gasteiger charge is -2.37. The first-order valence-electron chi connectivity index (χ1n) is 7.80. The summed E-state index contributed by atoms with van der Waals surface area (Å²) in [5.74, 6) is 0. The number of nitrogens with zero attached hydrogens (tertiary/aromatic N) is 1. The van der Waals surface area contributed by atoms with Crippen LogP contribution in [-0.2, 0) is 9.47 Å². The van der Waals surface area contributed by atoms with Gasteiger partial charge < -0.3 is 14.6 Å². The topological polar surface area (TPSA) is 41.9 Å². The van der Waals surface area contributed by atoms with Crippen LogP contribution in [0.2, 0.25) is 0 Å². The van der Waals surface area contributed by atoms with Gasteiger partial charge in [-0.3, -0.25) is 4.90 Å². The fraction of sp³-hybridized carbons (Fsp3) is 1.00. The van der Waals surface area contributed by atoms with E-state index in [0.29, 0.717) is 0 Å². The molecular weight excluding hydrogens is 242 g/mol. The molecule has 1 fully saturated rings. The summed E-state index contributed by atoms with van der Waals surface area (Å²) < 4.78 is 10.9. The fourth-order valence-electron chi connectivity index (χ4n) is 2.73. The van der Waals surface area contributed by atoms with Crippen LogP contribution < -0.4 is 0 Å². The molecule has 0 radical (unpaired) electrons. The summed E-state index contributed by atoms with van der Waals surface area (Å²) in [7, 11) is 0. The van der Waals surface area contributed by atoms with E-state index in [4.69, 9.17) is 9.47 Å². The first kappa shape index (κ1) is 16.9. The molecule has 1 N–H and O–H groups in total. The van der Waals surface area contributed by atoms with Crippen LogP contribution >= 0.6 is 0 Å². The van der Waals surface area contributed by atoms with E-state index in [2.05, 4.69) is 4.90 Å². The van der Waals surface area contributed by atoms with E-state index in [1.165, 1.54) is 6.42 Å². The number of rotatable bonds is 10. The predicted molar refractivity (Wildman–Crippen MR) is 77.5 cm³/mol. The molecule has 1 aliphatic rings. The molecule has 1 aliphatic carbocycles. The predicted octanol–water partition coefficient (Wildman–Crippen LogP) is 2.06. The summed E-state index contributed by atoms with van der Waals surface area (Å²) in [5, 5.41) is 10.6. The van der Waals surface area contributed by atoms with Crippen molar-refractivity contribution in [3.63, 3.8) is 0 Å². The zero-order valence-corrected chi connectivity index (χ0v) is 12.7. The minimum Gasteiger partial charge on any atom is -0.389 e. The Morgan fingerprint density at radius 2 is 1.47 bits per heavy atom. The lowest BCUT2D eigenvalue weighted by molar-refractivity contribution is -0.0361. The smallest absolute Gasteiger partial charge is 0.0774 e. The molecule has 1 saturated carbocycles. The maximum Gasteiger partial charge on any atom is 0.0774 e. The summed E-state index contributed by atoms with van der Waals surface area (Å²) in [6.07, 6.45) is 5.45. The summed E-state index contributed by atoms with van der Waals surface area (Å²) in [4.78, 5) is 2.29. The van der Waals surface area contributed by atoms with Crippen molar-refractivity contribution in [1.82, 2.24) is 4.90 Å². The first-order chi connectivity index (χ1) is 9.20. The largest absolute Gasteiger partial charge is 0.389 e. The van der Waals surface area contributed by atoms with Gasteiger partial charge in [0.15, 0.2) is 0 Å². The normalized spacial score (nSPS) is 18.9. The molecule has 0 saturated heterocycles. The molecule has 0 spiro atoms.